The standard InChI is InChI=1S/C25H31Cl3N2O3/c1-6-17(5)29-25(32)22(7-2)30(13-18-8-9-20(26)21(27)12-18)23(31)14-33-19-10-15(3)24(28)16(4)11-19/h8-12,17,22H,6-7,13-14H2,1-5H3,(H,29,32). The molecule has 0 saturated heterocycles. The topological polar surface area (TPSA) is 58.6 Å². The lowest BCUT2D eigenvalue weighted by Gasteiger charge is -2.31. The molecule has 33 heavy (non-hydrogen) atoms. The van der Waals surface area contributed by atoms with E-state index in [9.17, 15) is 9.59 Å². The number of carbonyl (C=O) groups is 2. The number of nitrogens with zero attached hydrogens (tertiary/aromatic N) is 1. The smallest absolute Gasteiger partial charge is 0.261 e. The molecule has 0 heterocycles. The lowest BCUT2D eigenvalue weighted by atomic mass is 10.1. The van der Waals surface area contributed by atoms with Crippen LogP contribution in [-0.2, 0) is 16.1 Å². The molecule has 0 saturated carbocycles. The van der Waals surface area contributed by atoms with Gasteiger partial charge in [-0.1, -0.05) is 54.7 Å². The molecule has 2 atom stereocenters. The van der Waals surface area contributed by atoms with Crippen molar-refractivity contribution in [2.45, 2.75) is 66.1 Å². The Kier molecular flexibility index (Phi) is 10.3. The van der Waals surface area contributed by atoms with E-state index in [0.717, 1.165) is 23.1 Å². The Morgan fingerprint density at radius 2 is 1.64 bits per heavy atom. The highest BCUT2D eigenvalue weighted by molar-refractivity contribution is 6.42. The molecule has 0 spiro atoms. The Balaban J connectivity index is 2.28. The summed E-state index contributed by atoms with van der Waals surface area (Å²) in [6, 6.07) is 8.11. The molecule has 5 nitrogen and oxygen atoms in total. The van der Waals surface area contributed by atoms with Crippen molar-refractivity contribution in [3.63, 3.8) is 0 Å². The first-order chi connectivity index (χ1) is 15.6. The molecular weight excluding hydrogens is 483 g/mol. The fraction of sp³-hybridized carbons (Fsp3) is 0.440. The van der Waals surface area contributed by atoms with Gasteiger partial charge < -0.3 is 15.0 Å². The highest BCUT2D eigenvalue weighted by Crippen LogP contribution is 2.27. The lowest BCUT2D eigenvalue weighted by Crippen LogP contribution is -2.51. The van der Waals surface area contributed by atoms with Gasteiger partial charge in [-0.25, -0.2) is 0 Å². The van der Waals surface area contributed by atoms with Gasteiger partial charge in [-0.3, -0.25) is 9.59 Å². The minimum absolute atomic E-state index is 0.00439. The second-order valence-corrected chi connectivity index (χ2v) is 9.36. The van der Waals surface area contributed by atoms with Gasteiger partial charge in [0.2, 0.25) is 5.91 Å². The number of rotatable bonds is 10. The van der Waals surface area contributed by atoms with Crippen molar-refractivity contribution < 1.29 is 14.3 Å². The van der Waals surface area contributed by atoms with Crippen LogP contribution in [0.15, 0.2) is 30.3 Å². The van der Waals surface area contributed by atoms with Gasteiger partial charge >= 0.3 is 0 Å². The lowest BCUT2D eigenvalue weighted by molar-refractivity contribution is -0.143. The summed E-state index contributed by atoms with van der Waals surface area (Å²) in [5.41, 5.74) is 2.50. The number of hydrogen-bond donors (Lipinski definition) is 1. The van der Waals surface area contributed by atoms with Gasteiger partial charge in [-0.2, -0.15) is 0 Å². The molecule has 1 N–H and O–H groups in total. The molecule has 0 aliphatic carbocycles. The highest BCUT2D eigenvalue weighted by Gasteiger charge is 2.29. The Morgan fingerprint density at radius 3 is 2.18 bits per heavy atom. The SMILES string of the molecule is CCC(C)NC(=O)C(CC)N(Cc1ccc(Cl)c(Cl)c1)C(=O)COc1cc(C)c(Cl)c(C)c1. The van der Waals surface area contributed by atoms with E-state index in [-0.39, 0.29) is 31.0 Å². The predicted molar refractivity (Wildman–Crippen MR) is 135 cm³/mol. The van der Waals surface area contributed by atoms with Crippen LogP contribution in [0.5, 0.6) is 5.75 Å². The third-order valence-electron chi connectivity index (χ3n) is 5.50. The van der Waals surface area contributed by atoms with E-state index in [2.05, 4.69) is 5.32 Å². The van der Waals surface area contributed by atoms with Crippen molar-refractivity contribution in [3.8, 4) is 5.75 Å². The molecule has 0 bridgehead atoms. The summed E-state index contributed by atoms with van der Waals surface area (Å²) in [4.78, 5) is 27.8. The van der Waals surface area contributed by atoms with Crippen molar-refractivity contribution in [1.29, 1.82) is 0 Å². The van der Waals surface area contributed by atoms with E-state index in [0.29, 0.717) is 27.2 Å². The number of carbonyl (C=O) groups excluding carboxylic acids is 2. The third kappa shape index (κ3) is 7.53. The molecule has 2 rings (SSSR count). The Bertz CT molecular complexity index is 974. The fourth-order valence-corrected chi connectivity index (χ4v) is 3.84. The van der Waals surface area contributed by atoms with Gasteiger partial charge in [0, 0.05) is 17.6 Å². The van der Waals surface area contributed by atoms with Gasteiger partial charge in [-0.15, -0.1) is 0 Å². The Labute approximate surface area is 211 Å². The summed E-state index contributed by atoms with van der Waals surface area (Å²) in [7, 11) is 0. The second-order valence-electron chi connectivity index (χ2n) is 8.17. The number of amides is 2. The average Bonchev–Trinajstić information content (AvgIpc) is 2.77. The van der Waals surface area contributed by atoms with E-state index in [1.807, 2.05) is 34.6 Å². The molecular formula is C25H31Cl3N2O3. The van der Waals surface area contributed by atoms with E-state index in [4.69, 9.17) is 39.5 Å². The summed E-state index contributed by atoms with van der Waals surface area (Å²) < 4.78 is 5.79. The molecule has 0 radical (unpaired) electrons. The van der Waals surface area contributed by atoms with Gasteiger partial charge in [0.15, 0.2) is 6.61 Å². The quantitative estimate of drug-likeness (QED) is 0.402. The highest BCUT2D eigenvalue weighted by atomic mass is 35.5. The summed E-state index contributed by atoms with van der Waals surface area (Å²) in [6.07, 6.45) is 1.25. The summed E-state index contributed by atoms with van der Waals surface area (Å²) in [6.45, 7) is 9.56. The van der Waals surface area contributed by atoms with Crippen LogP contribution in [0, 0.1) is 13.8 Å². The van der Waals surface area contributed by atoms with Crippen molar-refractivity contribution in [3.05, 3.63) is 62.1 Å². The van der Waals surface area contributed by atoms with Crippen molar-refractivity contribution in [2.24, 2.45) is 0 Å². The largest absolute Gasteiger partial charge is 0.484 e. The number of hydrogen-bond acceptors (Lipinski definition) is 3. The first kappa shape index (κ1) is 27.3. The molecule has 8 heteroatoms. The fourth-order valence-electron chi connectivity index (χ4n) is 3.41. The van der Waals surface area contributed by atoms with Crippen molar-refractivity contribution in [1.82, 2.24) is 10.2 Å². The molecule has 2 unspecified atom stereocenters. The summed E-state index contributed by atoms with van der Waals surface area (Å²) in [5.74, 6) is 0.0465. The van der Waals surface area contributed by atoms with Gasteiger partial charge in [0.05, 0.1) is 10.0 Å². The zero-order valence-corrected chi connectivity index (χ0v) is 21.9. The van der Waals surface area contributed by atoms with Crippen LogP contribution in [-0.4, -0.2) is 35.4 Å². The zero-order valence-electron chi connectivity index (χ0n) is 19.7. The van der Waals surface area contributed by atoms with Crippen molar-refractivity contribution >= 4 is 46.6 Å². The number of ether oxygens (including phenoxy) is 1. The van der Waals surface area contributed by atoms with Gasteiger partial charge in [-0.05, 0) is 74.6 Å². The number of benzene rings is 2. The maximum atomic E-state index is 13.3. The molecule has 0 aromatic heterocycles. The van der Waals surface area contributed by atoms with Crippen LogP contribution in [0.25, 0.3) is 0 Å². The average molecular weight is 514 g/mol. The predicted octanol–water partition coefficient (Wildman–Crippen LogP) is 6.36. The van der Waals surface area contributed by atoms with Crippen LogP contribution < -0.4 is 10.1 Å². The zero-order chi connectivity index (χ0) is 24.7. The van der Waals surface area contributed by atoms with Crippen LogP contribution in [0.1, 0.15) is 50.3 Å². The maximum Gasteiger partial charge on any atom is 0.261 e. The first-order valence-corrected chi connectivity index (χ1v) is 12.1. The molecule has 180 valence electrons. The normalized spacial score (nSPS) is 12.7. The van der Waals surface area contributed by atoms with E-state index >= 15 is 0 Å². The Hall–Kier alpha value is -1.95. The molecule has 2 aromatic rings. The van der Waals surface area contributed by atoms with Gasteiger partial charge in [0.1, 0.15) is 11.8 Å². The molecule has 0 fully saturated rings. The monoisotopic (exact) mass is 512 g/mol. The van der Waals surface area contributed by atoms with Gasteiger partial charge in [0.25, 0.3) is 5.91 Å². The number of aryl methyl sites for hydroxylation is 2. The second kappa shape index (κ2) is 12.5. The van der Waals surface area contributed by atoms with Crippen LogP contribution in [0.2, 0.25) is 15.1 Å². The number of nitrogens with one attached hydrogen (secondary N) is 1. The van der Waals surface area contributed by atoms with Crippen LogP contribution in [0.3, 0.4) is 0 Å². The summed E-state index contributed by atoms with van der Waals surface area (Å²) in [5, 5.41) is 4.47. The Morgan fingerprint density at radius 1 is 1.00 bits per heavy atom. The number of halogens is 3. The first-order valence-electron chi connectivity index (χ1n) is 11.0. The van der Waals surface area contributed by atoms with E-state index in [1.54, 1.807) is 30.3 Å². The maximum absolute atomic E-state index is 13.3. The minimum atomic E-state index is -0.654. The molecule has 0 aliphatic heterocycles. The molecule has 2 amide bonds. The molecule has 0 aliphatic rings. The third-order valence-corrected chi connectivity index (χ3v) is 6.83. The van der Waals surface area contributed by atoms with Crippen LogP contribution in [0.4, 0.5) is 0 Å². The van der Waals surface area contributed by atoms with E-state index in [1.165, 1.54) is 4.90 Å². The minimum Gasteiger partial charge on any atom is -0.484 e. The summed E-state index contributed by atoms with van der Waals surface area (Å²) >= 11 is 18.4. The van der Waals surface area contributed by atoms with E-state index < -0.39 is 6.04 Å². The molecule has 2 aromatic carbocycles. The van der Waals surface area contributed by atoms with Crippen molar-refractivity contribution in [2.75, 3.05) is 6.61 Å². The van der Waals surface area contributed by atoms with Crippen LogP contribution >= 0.6 is 34.8 Å².